The van der Waals surface area contributed by atoms with Gasteiger partial charge in [-0.3, -0.25) is 0 Å². The molecule has 0 bridgehead atoms. The smallest absolute Gasteiger partial charge is 0.352 e. The molecule has 0 radical (unpaired) electrons. The van der Waals surface area contributed by atoms with Crippen LogP contribution in [0.1, 0.15) is 10.5 Å². The van der Waals surface area contributed by atoms with E-state index in [1.165, 1.54) is 28.8 Å². The highest BCUT2D eigenvalue weighted by molar-refractivity contribution is 14.1. The Labute approximate surface area is 115 Å². The van der Waals surface area contributed by atoms with Crippen molar-refractivity contribution in [2.75, 3.05) is 0 Å². The van der Waals surface area contributed by atoms with E-state index < -0.39 is 11.8 Å². The molecule has 0 saturated heterocycles. The summed E-state index contributed by atoms with van der Waals surface area (Å²) in [5.41, 5.74) is 0.119. The number of halogens is 3. The van der Waals surface area contributed by atoms with E-state index >= 15 is 0 Å². The Hall–Kier alpha value is -1.08. The standard InChI is InChI=1S/C11H6ClFINO2/c12-6-1-2-8(13)9(3-6)15-5-7(14)4-10(15)11(16)17/h1-5H,(H,16,17). The maximum absolute atomic E-state index is 13.6. The number of hydrogen-bond acceptors (Lipinski definition) is 1. The molecule has 0 saturated carbocycles. The lowest BCUT2D eigenvalue weighted by atomic mass is 10.3. The van der Waals surface area contributed by atoms with E-state index in [1.807, 2.05) is 22.6 Å². The van der Waals surface area contributed by atoms with Crippen molar-refractivity contribution in [3.8, 4) is 5.69 Å². The normalized spacial score (nSPS) is 10.5. The first-order chi connectivity index (χ1) is 7.99. The van der Waals surface area contributed by atoms with Gasteiger partial charge in [0.2, 0.25) is 0 Å². The maximum atomic E-state index is 13.6. The second-order valence-corrected chi connectivity index (χ2v) is 5.00. The van der Waals surface area contributed by atoms with Crippen molar-refractivity contribution >= 4 is 40.2 Å². The summed E-state index contributed by atoms with van der Waals surface area (Å²) in [6, 6.07) is 5.47. The molecule has 1 aromatic carbocycles. The quantitative estimate of drug-likeness (QED) is 0.827. The zero-order valence-corrected chi connectivity index (χ0v) is 11.2. The molecule has 0 aliphatic rings. The minimum absolute atomic E-state index is 0.00410. The average molecular weight is 366 g/mol. The SMILES string of the molecule is O=C(O)c1cc(I)cn1-c1cc(Cl)ccc1F. The number of nitrogens with zero attached hydrogens (tertiary/aromatic N) is 1. The maximum Gasteiger partial charge on any atom is 0.352 e. The van der Waals surface area contributed by atoms with Gasteiger partial charge in [0.15, 0.2) is 0 Å². The lowest BCUT2D eigenvalue weighted by Crippen LogP contribution is -2.07. The summed E-state index contributed by atoms with van der Waals surface area (Å²) in [5.74, 6) is -1.64. The minimum atomic E-state index is -1.12. The first kappa shape index (κ1) is 12.4. The second-order valence-electron chi connectivity index (χ2n) is 3.31. The van der Waals surface area contributed by atoms with Crippen LogP contribution in [-0.4, -0.2) is 15.6 Å². The topological polar surface area (TPSA) is 42.2 Å². The van der Waals surface area contributed by atoms with Gasteiger partial charge in [0.25, 0.3) is 0 Å². The summed E-state index contributed by atoms with van der Waals surface area (Å²) in [7, 11) is 0. The second kappa shape index (κ2) is 4.66. The van der Waals surface area contributed by atoms with Gasteiger partial charge in [-0.25, -0.2) is 9.18 Å². The summed E-state index contributed by atoms with van der Waals surface area (Å²) in [5, 5.41) is 9.37. The van der Waals surface area contributed by atoms with E-state index in [2.05, 4.69) is 0 Å². The molecule has 0 amide bonds. The summed E-state index contributed by atoms with van der Waals surface area (Å²) in [4.78, 5) is 11.0. The predicted octanol–water partition coefficient (Wildman–Crippen LogP) is 3.57. The molecule has 2 rings (SSSR count). The zero-order valence-electron chi connectivity index (χ0n) is 8.32. The molecule has 17 heavy (non-hydrogen) atoms. The predicted molar refractivity (Wildman–Crippen MR) is 70.4 cm³/mol. The van der Waals surface area contributed by atoms with Crippen molar-refractivity contribution in [3.63, 3.8) is 0 Å². The number of aromatic nitrogens is 1. The summed E-state index contributed by atoms with van der Waals surface area (Å²) < 4.78 is 15.6. The van der Waals surface area contributed by atoms with Crippen LogP contribution in [0, 0.1) is 9.39 Å². The molecular formula is C11H6ClFINO2. The van der Waals surface area contributed by atoms with Crippen LogP contribution >= 0.6 is 34.2 Å². The Morgan fingerprint density at radius 1 is 1.41 bits per heavy atom. The number of carbonyl (C=O) groups is 1. The van der Waals surface area contributed by atoms with E-state index in [4.69, 9.17) is 16.7 Å². The monoisotopic (exact) mass is 365 g/mol. The molecule has 1 heterocycles. The van der Waals surface area contributed by atoms with Gasteiger partial charge in [-0.05, 0) is 46.9 Å². The molecule has 0 spiro atoms. The Morgan fingerprint density at radius 3 is 2.76 bits per heavy atom. The lowest BCUT2D eigenvalue weighted by molar-refractivity contribution is 0.0688. The third-order valence-corrected chi connectivity index (χ3v) is 3.00. The van der Waals surface area contributed by atoms with Gasteiger partial charge in [-0.2, -0.15) is 0 Å². The highest BCUT2D eigenvalue weighted by atomic mass is 127. The third-order valence-electron chi connectivity index (χ3n) is 2.17. The van der Waals surface area contributed by atoms with Crippen molar-refractivity contribution in [2.24, 2.45) is 0 Å². The summed E-state index contributed by atoms with van der Waals surface area (Å²) >= 11 is 7.74. The summed E-state index contributed by atoms with van der Waals surface area (Å²) in [6.45, 7) is 0. The van der Waals surface area contributed by atoms with Crippen LogP contribution in [0.5, 0.6) is 0 Å². The van der Waals surface area contributed by atoms with Crippen LogP contribution in [0.3, 0.4) is 0 Å². The van der Waals surface area contributed by atoms with Gasteiger partial charge in [-0.15, -0.1) is 0 Å². The number of carboxylic acids is 1. The number of rotatable bonds is 2. The van der Waals surface area contributed by atoms with Crippen LogP contribution in [-0.2, 0) is 0 Å². The molecule has 1 N–H and O–H groups in total. The molecule has 88 valence electrons. The molecular weight excluding hydrogens is 359 g/mol. The molecule has 0 aliphatic carbocycles. The fraction of sp³-hybridized carbons (Fsp3) is 0. The molecule has 0 unspecified atom stereocenters. The Morgan fingerprint density at radius 2 is 2.12 bits per heavy atom. The first-order valence-corrected chi connectivity index (χ1v) is 6.01. The van der Waals surface area contributed by atoms with Gasteiger partial charge in [0.05, 0.1) is 5.69 Å². The zero-order chi connectivity index (χ0) is 12.6. The molecule has 3 nitrogen and oxygen atoms in total. The van der Waals surface area contributed by atoms with E-state index in [0.717, 1.165) is 0 Å². The number of aromatic carboxylic acids is 1. The van der Waals surface area contributed by atoms with Gasteiger partial charge < -0.3 is 9.67 Å². The molecule has 1 aromatic heterocycles. The van der Waals surface area contributed by atoms with Crippen molar-refractivity contribution in [2.45, 2.75) is 0 Å². The molecule has 6 heteroatoms. The molecule has 0 aliphatic heterocycles. The van der Waals surface area contributed by atoms with Crippen molar-refractivity contribution in [1.82, 2.24) is 4.57 Å². The van der Waals surface area contributed by atoms with E-state index in [0.29, 0.717) is 8.59 Å². The van der Waals surface area contributed by atoms with Crippen LogP contribution in [0.4, 0.5) is 4.39 Å². The van der Waals surface area contributed by atoms with E-state index in [-0.39, 0.29) is 11.4 Å². The fourth-order valence-corrected chi connectivity index (χ4v) is 2.20. The average Bonchev–Trinajstić information content (AvgIpc) is 2.64. The molecule has 0 atom stereocenters. The molecule has 2 aromatic rings. The number of hydrogen-bond donors (Lipinski definition) is 1. The fourth-order valence-electron chi connectivity index (χ4n) is 1.46. The van der Waals surface area contributed by atoms with Gasteiger partial charge >= 0.3 is 5.97 Å². The van der Waals surface area contributed by atoms with Gasteiger partial charge in [-0.1, -0.05) is 11.6 Å². The van der Waals surface area contributed by atoms with E-state index in [1.54, 1.807) is 6.20 Å². The van der Waals surface area contributed by atoms with E-state index in [9.17, 15) is 9.18 Å². The van der Waals surface area contributed by atoms with Crippen molar-refractivity contribution in [1.29, 1.82) is 0 Å². The van der Waals surface area contributed by atoms with Crippen molar-refractivity contribution in [3.05, 3.63) is 50.6 Å². The number of carboxylic acid groups (broad SMARTS) is 1. The van der Waals surface area contributed by atoms with Crippen LogP contribution in [0.25, 0.3) is 5.69 Å². The van der Waals surface area contributed by atoms with Crippen LogP contribution < -0.4 is 0 Å². The number of benzene rings is 1. The van der Waals surface area contributed by atoms with Gasteiger partial charge in [0.1, 0.15) is 11.5 Å². The van der Waals surface area contributed by atoms with Gasteiger partial charge in [0, 0.05) is 14.8 Å². The van der Waals surface area contributed by atoms with Crippen molar-refractivity contribution < 1.29 is 14.3 Å². The lowest BCUT2D eigenvalue weighted by Gasteiger charge is -2.07. The Kier molecular flexibility index (Phi) is 3.39. The van der Waals surface area contributed by atoms with Crippen LogP contribution in [0.15, 0.2) is 30.5 Å². The highest BCUT2D eigenvalue weighted by Gasteiger charge is 2.15. The first-order valence-electron chi connectivity index (χ1n) is 4.55. The Balaban J connectivity index is 2.67. The van der Waals surface area contributed by atoms with Crippen LogP contribution in [0.2, 0.25) is 5.02 Å². The third kappa shape index (κ3) is 2.44. The largest absolute Gasteiger partial charge is 0.477 e. The Bertz CT molecular complexity index is 597. The molecule has 0 fully saturated rings. The minimum Gasteiger partial charge on any atom is -0.477 e. The highest BCUT2D eigenvalue weighted by Crippen LogP contribution is 2.23. The summed E-state index contributed by atoms with van der Waals surface area (Å²) in [6.07, 6.45) is 1.54.